The van der Waals surface area contributed by atoms with Crippen molar-refractivity contribution in [3.05, 3.63) is 29.7 Å². The fourth-order valence-electron chi connectivity index (χ4n) is 1.37. The van der Waals surface area contributed by atoms with Crippen LogP contribution in [0.2, 0.25) is 0 Å². The number of aromatic nitrogens is 3. The summed E-state index contributed by atoms with van der Waals surface area (Å²) in [6.07, 6.45) is 3.62. The number of hydrogen-bond donors (Lipinski definition) is 0. The van der Waals surface area contributed by atoms with E-state index in [-0.39, 0.29) is 5.41 Å². The van der Waals surface area contributed by atoms with E-state index >= 15 is 0 Å². The highest BCUT2D eigenvalue weighted by molar-refractivity contribution is 5.69. The second kappa shape index (κ2) is 3.26. The lowest BCUT2D eigenvalue weighted by Gasteiger charge is -2.17. The molecule has 0 saturated carbocycles. The minimum absolute atomic E-state index is 0.0327. The molecule has 15 heavy (non-hydrogen) atoms. The summed E-state index contributed by atoms with van der Waals surface area (Å²) in [5.74, 6) is 0. The Morgan fingerprint density at radius 1 is 1.07 bits per heavy atom. The van der Waals surface area contributed by atoms with E-state index in [0.717, 1.165) is 16.8 Å². The SMILES string of the molecule is Cc1cnc2ncc(C(C)(C)C)nc2c1. The third-order valence-electron chi connectivity index (χ3n) is 2.30. The fraction of sp³-hybridized carbons (Fsp3) is 0.417. The molecule has 2 aromatic rings. The Hall–Kier alpha value is -1.51. The lowest BCUT2D eigenvalue weighted by atomic mass is 9.93. The van der Waals surface area contributed by atoms with Gasteiger partial charge in [-0.15, -0.1) is 0 Å². The number of hydrogen-bond acceptors (Lipinski definition) is 3. The molecule has 0 aromatic carbocycles. The Labute approximate surface area is 89.6 Å². The van der Waals surface area contributed by atoms with Crippen molar-refractivity contribution in [1.29, 1.82) is 0 Å². The maximum Gasteiger partial charge on any atom is 0.178 e. The molecular formula is C12H15N3. The maximum absolute atomic E-state index is 4.58. The van der Waals surface area contributed by atoms with Crippen molar-refractivity contribution < 1.29 is 0 Å². The van der Waals surface area contributed by atoms with Gasteiger partial charge >= 0.3 is 0 Å². The van der Waals surface area contributed by atoms with Gasteiger partial charge in [-0.25, -0.2) is 15.0 Å². The molecule has 0 fully saturated rings. The molecule has 0 bridgehead atoms. The summed E-state index contributed by atoms with van der Waals surface area (Å²) >= 11 is 0. The predicted octanol–water partition coefficient (Wildman–Crippen LogP) is 2.63. The third kappa shape index (κ3) is 1.96. The number of nitrogens with zero attached hydrogens (tertiary/aromatic N) is 3. The van der Waals surface area contributed by atoms with Crippen LogP contribution in [-0.2, 0) is 5.41 Å². The Balaban J connectivity index is 2.64. The molecule has 0 aliphatic carbocycles. The molecule has 0 unspecified atom stereocenters. The first-order chi connectivity index (χ1) is 6.97. The monoisotopic (exact) mass is 201 g/mol. The van der Waals surface area contributed by atoms with Crippen molar-refractivity contribution in [2.45, 2.75) is 33.1 Å². The van der Waals surface area contributed by atoms with Crippen LogP contribution in [0.1, 0.15) is 32.0 Å². The van der Waals surface area contributed by atoms with Gasteiger partial charge in [0, 0.05) is 11.6 Å². The summed E-state index contributed by atoms with van der Waals surface area (Å²) < 4.78 is 0. The zero-order valence-corrected chi connectivity index (χ0v) is 9.57. The summed E-state index contributed by atoms with van der Waals surface area (Å²) in [7, 11) is 0. The molecule has 0 amide bonds. The Morgan fingerprint density at radius 3 is 2.40 bits per heavy atom. The first kappa shape index (κ1) is 10.0. The highest BCUT2D eigenvalue weighted by Gasteiger charge is 2.16. The molecule has 78 valence electrons. The molecule has 0 radical (unpaired) electrons. The molecule has 0 aliphatic rings. The van der Waals surface area contributed by atoms with Crippen LogP contribution >= 0.6 is 0 Å². The summed E-state index contributed by atoms with van der Waals surface area (Å²) in [5, 5.41) is 0. The van der Waals surface area contributed by atoms with E-state index in [1.807, 2.05) is 25.4 Å². The molecule has 0 spiro atoms. The van der Waals surface area contributed by atoms with Crippen LogP contribution in [0.4, 0.5) is 0 Å². The van der Waals surface area contributed by atoms with Gasteiger partial charge in [-0.3, -0.25) is 0 Å². The number of rotatable bonds is 0. The van der Waals surface area contributed by atoms with Crippen molar-refractivity contribution in [1.82, 2.24) is 15.0 Å². The van der Waals surface area contributed by atoms with Crippen molar-refractivity contribution in [3.8, 4) is 0 Å². The van der Waals surface area contributed by atoms with Gasteiger partial charge in [-0.1, -0.05) is 20.8 Å². The number of fused-ring (bicyclic) bond motifs is 1. The molecule has 2 rings (SSSR count). The minimum atomic E-state index is 0.0327. The van der Waals surface area contributed by atoms with Gasteiger partial charge in [0.15, 0.2) is 5.65 Å². The average Bonchev–Trinajstić information content (AvgIpc) is 2.15. The topological polar surface area (TPSA) is 38.7 Å². The zero-order chi connectivity index (χ0) is 11.1. The molecule has 0 atom stereocenters. The van der Waals surface area contributed by atoms with Gasteiger partial charge in [0.25, 0.3) is 0 Å². The second-order valence-electron chi connectivity index (χ2n) is 4.86. The van der Waals surface area contributed by atoms with Gasteiger partial charge < -0.3 is 0 Å². The van der Waals surface area contributed by atoms with E-state index in [2.05, 4.69) is 35.7 Å². The van der Waals surface area contributed by atoms with Gasteiger partial charge in [0.05, 0.1) is 11.9 Å². The van der Waals surface area contributed by atoms with Crippen molar-refractivity contribution >= 4 is 11.2 Å². The standard InChI is InChI=1S/C12H15N3/c1-8-5-9-11(13-6-8)14-7-10(15-9)12(2,3)4/h5-7H,1-4H3. The first-order valence-corrected chi connectivity index (χ1v) is 5.07. The minimum Gasteiger partial charge on any atom is -0.247 e. The van der Waals surface area contributed by atoms with Crippen LogP contribution in [0.15, 0.2) is 18.5 Å². The molecule has 0 N–H and O–H groups in total. The highest BCUT2D eigenvalue weighted by atomic mass is 14.9. The van der Waals surface area contributed by atoms with E-state index in [9.17, 15) is 0 Å². The quantitative estimate of drug-likeness (QED) is 0.657. The highest BCUT2D eigenvalue weighted by Crippen LogP contribution is 2.20. The van der Waals surface area contributed by atoms with E-state index in [0.29, 0.717) is 5.65 Å². The van der Waals surface area contributed by atoms with E-state index in [4.69, 9.17) is 0 Å². The number of pyridine rings is 1. The van der Waals surface area contributed by atoms with Crippen LogP contribution in [0.25, 0.3) is 11.2 Å². The Bertz CT molecular complexity index is 498. The van der Waals surface area contributed by atoms with Crippen LogP contribution in [0.5, 0.6) is 0 Å². The normalized spacial score (nSPS) is 12.0. The van der Waals surface area contributed by atoms with Crippen LogP contribution < -0.4 is 0 Å². The van der Waals surface area contributed by atoms with E-state index in [1.165, 1.54) is 0 Å². The summed E-state index contributed by atoms with van der Waals surface area (Å²) in [5.41, 5.74) is 3.74. The van der Waals surface area contributed by atoms with Crippen LogP contribution in [0, 0.1) is 6.92 Å². The van der Waals surface area contributed by atoms with Crippen LogP contribution in [0.3, 0.4) is 0 Å². The van der Waals surface area contributed by atoms with Crippen LogP contribution in [-0.4, -0.2) is 15.0 Å². The van der Waals surface area contributed by atoms with Gasteiger partial charge in [-0.2, -0.15) is 0 Å². The Morgan fingerprint density at radius 2 is 1.73 bits per heavy atom. The van der Waals surface area contributed by atoms with Gasteiger partial charge in [0.1, 0.15) is 5.52 Å². The zero-order valence-electron chi connectivity index (χ0n) is 9.57. The van der Waals surface area contributed by atoms with Gasteiger partial charge in [-0.05, 0) is 18.6 Å². The van der Waals surface area contributed by atoms with E-state index < -0.39 is 0 Å². The molecule has 2 heterocycles. The lowest BCUT2D eigenvalue weighted by molar-refractivity contribution is 0.568. The summed E-state index contributed by atoms with van der Waals surface area (Å²) in [6.45, 7) is 8.40. The van der Waals surface area contributed by atoms with Crippen molar-refractivity contribution in [3.63, 3.8) is 0 Å². The molecule has 3 nitrogen and oxygen atoms in total. The maximum atomic E-state index is 4.58. The fourth-order valence-corrected chi connectivity index (χ4v) is 1.37. The summed E-state index contributed by atoms with van der Waals surface area (Å²) in [4.78, 5) is 13.1. The molecule has 3 heteroatoms. The predicted molar refractivity (Wildman–Crippen MR) is 60.8 cm³/mol. The third-order valence-corrected chi connectivity index (χ3v) is 2.30. The van der Waals surface area contributed by atoms with Crippen molar-refractivity contribution in [2.75, 3.05) is 0 Å². The summed E-state index contributed by atoms with van der Waals surface area (Å²) in [6, 6.07) is 2.02. The van der Waals surface area contributed by atoms with Gasteiger partial charge in [0.2, 0.25) is 0 Å². The van der Waals surface area contributed by atoms with E-state index in [1.54, 1.807) is 0 Å². The number of aryl methyl sites for hydroxylation is 1. The molecule has 0 aliphatic heterocycles. The first-order valence-electron chi connectivity index (χ1n) is 5.07. The average molecular weight is 201 g/mol. The largest absolute Gasteiger partial charge is 0.247 e. The van der Waals surface area contributed by atoms with Crippen molar-refractivity contribution in [2.24, 2.45) is 0 Å². The second-order valence-corrected chi connectivity index (χ2v) is 4.86. The lowest BCUT2D eigenvalue weighted by Crippen LogP contribution is -2.14. The molecule has 0 saturated heterocycles. The Kier molecular flexibility index (Phi) is 2.18. The smallest absolute Gasteiger partial charge is 0.178 e. The molecule has 2 aromatic heterocycles. The molecular weight excluding hydrogens is 186 g/mol.